The number of nitrogens with one attached hydrogen (secondary N) is 1. The van der Waals surface area contributed by atoms with Crippen LogP contribution in [0, 0.1) is 0 Å². The molecule has 0 fully saturated rings. The second kappa shape index (κ2) is 5.15. The van der Waals surface area contributed by atoms with E-state index >= 15 is 0 Å². The molecule has 0 spiro atoms. The lowest BCUT2D eigenvalue weighted by Gasteiger charge is -2.08. The van der Waals surface area contributed by atoms with E-state index in [0.717, 1.165) is 0 Å². The van der Waals surface area contributed by atoms with Crippen LogP contribution in [-0.4, -0.2) is 26.7 Å². The van der Waals surface area contributed by atoms with Gasteiger partial charge in [-0.1, -0.05) is 0 Å². The maximum atomic E-state index is 11.1. The number of sulfonamides is 1. The Labute approximate surface area is 94.3 Å². The molecule has 0 aliphatic heterocycles. The van der Waals surface area contributed by atoms with Gasteiger partial charge < -0.3 is 16.2 Å². The number of nitrogens with two attached hydrogens (primary N) is 2. The fourth-order valence-electron chi connectivity index (χ4n) is 1.23. The van der Waals surface area contributed by atoms with Gasteiger partial charge in [0.25, 0.3) is 0 Å². The van der Waals surface area contributed by atoms with Crippen molar-refractivity contribution in [2.24, 2.45) is 5.14 Å². The normalized spacial score (nSPS) is 11.4. The minimum atomic E-state index is -3.77. The van der Waals surface area contributed by atoms with Crippen LogP contribution < -0.4 is 16.2 Å². The van der Waals surface area contributed by atoms with Gasteiger partial charge in [-0.2, -0.15) is 0 Å². The zero-order valence-corrected chi connectivity index (χ0v) is 9.50. The highest BCUT2D eigenvalue weighted by Gasteiger charge is 2.11. The molecule has 0 heterocycles. The third-order valence-corrected chi connectivity index (χ3v) is 2.97. The molecule has 0 amide bonds. The first kappa shape index (κ1) is 12.8. The minimum Gasteiger partial charge on any atom is -0.398 e. The van der Waals surface area contributed by atoms with Gasteiger partial charge in [0.05, 0.1) is 5.69 Å². The molecule has 0 unspecified atom stereocenters. The Kier molecular flexibility index (Phi) is 4.11. The largest absolute Gasteiger partial charge is 0.398 e. The molecule has 0 aromatic heterocycles. The molecule has 16 heavy (non-hydrogen) atoms. The van der Waals surface area contributed by atoms with E-state index in [1.165, 1.54) is 12.1 Å². The SMILES string of the molecule is Nc1cc(NCCCO)ccc1S(N)(=O)=O. The monoisotopic (exact) mass is 245 g/mol. The number of benzene rings is 1. The molecule has 0 radical (unpaired) electrons. The maximum absolute atomic E-state index is 11.1. The predicted molar refractivity (Wildman–Crippen MR) is 62.4 cm³/mol. The second-order valence-electron chi connectivity index (χ2n) is 3.30. The number of nitrogen functional groups attached to an aromatic ring is 1. The standard InChI is InChI=1S/C9H15N3O3S/c10-8-6-7(12-4-1-5-13)2-3-9(8)16(11,14)15/h2-3,6,12-13H,1,4-5,10H2,(H2,11,14,15). The van der Waals surface area contributed by atoms with Crippen molar-refractivity contribution in [1.29, 1.82) is 0 Å². The van der Waals surface area contributed by atoms with Crippen molar-refractivity contribution in [3.63, 3.8) is 0 Å². The highest BCUT2D eigenvalue weighted by Crippen LogP contribution is 2.21. The third kappa shape index (κ3) is 3.37. The Bertz CT molecular complexity index is 459. The molecule has 0 saturated carbocycles. The zero-order valence-electron chi connectivity index (χ0n) is 8.68. The van der Waals surface area contributed by atoms with Crippen molar-refractivity contribution >= 4 is 21.4 Å². The van der Waals surface area contributed by atoms with Crippen LogP contribution in [-0.2, 0) is 10.0 Å². The highest BCUT2D eigenvalue weighted by molar-refractivity contribution is 7.89. The first-order valence-corrected chi connectivity index (χ1v) is 6.27. The van der Waals surface area contributed by atoms with Crippen LogP contribution in [0.4, 0.5) is 11.4 Å². The first-order valence-electron chi connectivity index (χ1n) is 4.72. The zero-order chi connectivity index (χ0) is 12.2. The van der Waals surface area contributed by atoms with Crippen LogP contribution in [0.1, 0.15) is 6.42 Å². The fourth-order valence-corrected chi connectivity index (χ4v) is 1.87. The van der Waals surface area contributed by atoms with Gasteiger partial charge in [-0.25, -0.2) is 13.6 Å². The Hall–Kier alpha value is -1.31. The molecular weight excluding hydrogens is 230 g/mol. The van der Waals surface area contributed by atoms with Crippen LogP contribution in [0.25, 0.3) is 0 Å². The topological polar surface area (TPSA) is 118 Å². The molecule has 0 aliphatic carbocycles. The summed E-state index contributed by atoms with van der Waals surface area (Å²) in [6, 6.07) is 4.43. The van der Waals surface area contributed by atoms with E-state index < -0.39 is 10.0 Å². The van der Waals surface area contributed by atoms with Crippen molar-refractivity contribution in [3.8, 4) is 0 Å². The number of aliphatic hydroxyl groups is 1. The Morgan fingerprint density at radius 1 is 1.38 bits per heavy atom. The number of primary sulfonamides is 1. The summed E-state index contributed by atoms with van der Waals surface area (Å²) in [6.45, 7) is 0.683. The lowest BCUT2D eigenvalue weighted by Crippen LogP contribution is -2.14. The van der Waals surface area contributed by atoms with E-state index in [9.17, 15) is 8.42 Å². The molecule has 0 aliphatic rings. The van der Waals surface area contributed by atoms with Gasteiger partial charge in [0.15, 0.2) is 0 Å². The summed E-state index contributed by atoms with van der Waals surface area (Å²) in [4.78, 5) is -0.0831. The smallest absolute Gasteiger partial charge is 0.240 e. The molecule has 1 aromatic rings. The Balaban J connectivity index is 2.83. The highest BCUT2D eigenvalue weighted by atomic mass is 32.2. The molecule has 0 saturated heterocycles. The summed E-state index contributed by atoms with van der Waals surface area (Å²) in [5, 5.41) is 16.5. The minimum absolute atomic E-state index is 0.0831. The van der Waals surface area contributed by atoms with E-state index in [1.807, 2.05) is 0 Å². The quantitative estimate of drug-likeness (QED) is 0.420. The van der Waals surface area contributed by atoms with Crippen LogP contribution in [0.5, 0.6) is 0 Å². The van der Waals surface area contributed by atoms with Crippen LogP contribution >= 0.6 is 0 Å². The van der Waals surface area contributed by atoms with E-state index in [1.54, 1.807) is 6.07 Å². The Morgan fingerprint density at radius 2 is 2.06 bits per heavy atom. The average Bonchev–Trinajstić information content (AvgIpc) is 2.16. The molecule has 6 N–H and O–H groups in total. The van der Waals surface area contributed by atoms with Gasteiger partial charge in [0.2, 0.25) is 10.0 Å². The summed E-state index contributed by atoms with van der Waals surface area (Å²) in [5.74, 6) is 0. The van der Waals surface area contributed by atoms with Gasteiger partial charge >= 0.3 is 0 Å². The molecule has 1 rings (SSSR count). The second-order valence-corrected chi connectivity index (χ2v) is 4.83. The number of aliphatic hydroxyl groups excluding tert-OH is 1. The summed E-state index contributed by atoms with van der Waals surface area (Å²) < 4.78 is 22.1. The van der Waals surface area contributed by atoms with Crippen LogP contribution in [0.3, 0.4) is 0 Å². The van der Waals surface area contributed by atoms with Gasteiger partial charge in [0.1, 0.15) is 4.90 Å². The first-order chi connectivity index (χ1) is 7.45. The lowest BCUT2D eigenvalue weighted by molar-refractivity contribution is 0.292. The maximum Gasteiger partial charge on any atom is 0.240 e. The molecule has 6 nitrogen and oxygen atoms in total. The lowest BCUT2D eigenvalue weighted by atomic mass is 10.3. The van der Waals surface area contributed by atoms with Crippen molar-refractivity contribution in [2.75, 3.05) is 24.2 Å². The van der Waals surface area contributed by atoms with E-state index in [0.29, 0.717) is 18.7 Å². The van der Waals surface area contributed by atoms with E-state index in [-0.39, 0.29) is 17.2 Å². The molecule has 0 atom stereocenters. The summed E-state index contributed by atoms with van der Waals surface area (Å²) in [6.07, 6.45) is 0.608. The van der Waals surface area contributed by atoms with Gasteiger partial charge in [-0.3, -0.25) is 0 Å². The van der Waals surface area contributed by atoms with Crippen LogP contribution in [0.15, 0.2) is 23.1 Å². The fraction of sp³-hybridized carbons (Fsp3) is 0.333. The van der Waals surface area contributed by atoms with Gasteiger partial charge in [-0.05, 0) is 24.6 Å². The van der Waals surface area contributed by atoms with Crippen LogP contribution in [0.2, 0.25) is 0 Å². The molecule has 7 heteroatoms. The molecule has 0 bridgehead atoms. The van der Waals surface area contributed by atoms with Gasteiger partial charge in [0, 0.05) is 18.8 Å². The predicted octanol–water partition coefficient (Wildman–Crippen LogP) is -0.290. The number of hydrogen-bond donors (Lipinski definition) is 4. The summed E-state index contributed by atoms with van der Waals surface area (Å²) in [7, 11) is -3.77. The van der Waals surface area contributed by atoms with E-state index in [4.69, 9.17) is 16.0 Å². The summed E-state index contributed by atoms with van der Waals surface area (Å²) >= 11 is 0. The molecule has 90 valence electrons. The van der Waals surface area contributed by atoms with Crippen molar-refractivity contribution < 1.29 is 13.5 Å². The number of rotatable bonds is 5. The van der Waals surface area contributed by atoms with E-state index in [2.05, 4.69) is 5.32 Å². The number of hydrogen-bond acceptors (Lipinski definition) is 5. The number of anilines is 2. The third-order valence-electron chi connectivity index (χ3n) is 1.98. The average molecular weight is 245 g/mol. The summed E-state index contributed by atoms with van der Waals surface area (Å²) in [5.41, 5.74) is 6.36. The van der Waals surface area contributed by atoms with Crippen molar-refractivity contribution in [3.05, 3.63) is 18.2 Å². The van der Waals surface area contributed by atoms with Gasteiger partial charge in [-0.15, -0.1) is 0 Å². The molecular formula is C9H15N3O3S. The molecule has 1 aromatic carbocycles. The van der Waals surface area contributed by atoms with Crippen molar-refractivity contribution in [1.82, 2.24) is 0 Å². The van der Waals surface area contributed by atoms with Crippen molar-refractivity contribution in [2.45, 2.75) is 11.3 Å². The Morgan fingerprint density at radius 3 is 2.56 bits per heavy atom.